The largest absolute Gasteiger partial charge is 0.477 e. The lowest BCUT2D eigenvalue weighted by molar-refractivity contribution is 0.0702. The molecule has 0 aliphatic heterocycles. The number of nitrogens with zero attached hydrogens (tertiary/aromatic N) is 2. The Morgan fingerprint density at radius 1 is 1.67 bits per heavy atom. The molecule has 0 aliphatic rings. The first-order valence-corrected chi connectivity index (χ1v) is 3.75. The van der Waals surface area contributed by atoms with Crippen LogP contribution in [0.25, 0.3) is 4.96 Å². The van der Waals surface area contributed by atoms with E-state index in [4.69, 9.17) is 5.11 Å². The molecular formula is C6H5ClN2O2S. The molecule has 0 bridgehead atoms. The minimum Gasteiger partial charge on any atom is -0.477 e. The molecule has 0 fully saturated rings. The molecule has 2 aromatic heterocycles. The van der Waals surface area contributed by atoms with Gasteiger partial charge in [-0.1, -0.05) is 11.3 Å². The van der Waals surface area contributed by atoms with Crippen molar-refractivity contribution in [2.75, 3.05) is 0 Å². The van der Waals surface area contributed by atoms with Crippen molar-refractivity contribution in [2.24, 2.45) is 0 Å². The van der Waals surface area contributed by atoms with Crippen LogP contribution in [0.1, 0.15) is 9.67 Å². The van der Waals surface area contributed by atoms with Crippen molar-refractivity contribution in [1.29, 1.82) is 0 Å². The summed E-state index contributed by atoms with van der Waals surface area (Å²) in [7, 11) is 0. The normalized spacial score (nSPS) is 9.67. The van der Waals surface area contributed by atoms with E-state index in [-0.39, 0.29) is 12.4 Å². The maximum absolute atomic E-state index is 10.4. The topological polar surface area (TPSA) is 54.6 Å². The molecule has 2 aromatic rings. The molecule has 0 saturated carbocycles. The molecule has 64 valence electrons. The smallest absolute Gasteiger partial charge is 0.347 e. The summed E-state index contributed by atoms with van der Waals surface area (Å²) in [4.78, 5) is 15.4. The van der Waals surface area contributed by atoms with E-state index < -0.39 is 5.97 Å². The highest BCUT2D eigenvalue weighted by Crippen LogP contribution is 2.15. The third-order valence-corrected chi connectivity index (χ3v) is 2.30. The summed E-state index contributed by atoms with van der Waals surface area (Å²) in [5.74, 6) is -0.902. The van der Waals surface area contributed by atoms with Gasteiger partial charge in [0.1, 0.15) is 4.88 Å². The lowest BCUT2D eigenvalue weighted by Gasteiger charge is -1.79. The van der Waals surface area contributed by atoms with Crippen LogP contribution in [0.15, 0.2) is 18.6 Å². The van der Waals surface area contributed by atoms with E-state index in [0.717, 1.165) is 11.3 Å². The Hall–Kier alpha value is -1.07. The van der Waals surface area contributed by atoms with E-state index in [9.17, 15) is 4.79 Å². The molecule has 0 spiro atoms. The Bertz CT molecular complexity index is 380. The first-order valence-electron chi connectivity index (χ1n) is 2.93. The molecule has 0 unspecified atom stereocenters. The lowest BCUT2D eigenvalue weighted by atomic mass is 10.6. The summed E-state index contributed by atoms with van der Waals surface area (Å²) >= 11 is 1.16. The number of rotatable bonds is 1. The highest BCUT2D eigenvalue weighted by Gasteiger charge is 2.07. The van der Waals surface area contributed by atoms with Crippen LogP contribution in [-0.4, -0.2) is 20.5 Å². The van der Waals surface area contributed by atoms with Crippen molar-refractivity contribution in [3.63, 3.8) is 0 Å². The molecule has 0 aliphatic carbocycles. The second-order valence-corrected chi connectivity index (χ2v) is 3.03. The van der Waals surface area contributed by atoms with Gasteiger partial charge in [0.05, 0.1) is 0 Å². The summed E-state index contributed by atoms with van der Waals surface area (Å²) in [6.07, 6.45) is 4.91. The van der Waals surface area contributed by atoms with Gasteiger partial charge in [-0.3, -0.25) is 4.40 Å². The van der Waals surface area contributed by atoms with Crippen LogP contribution in [0, 0.1) is 0 Å². The van der Waals surface area contributed by atoms with Crippen molar-refractivity contribution in [1.82, 2.24) is 9.38 Å². The van der Waals surface area contributed by atoms with Crippen LogP contribution >= 0.6 is 23.7 Å². The number of thiazole rings is 1. The average molecular weight is 205 g/mol. The zero-order valence-corrected chi connectivity index (χ0v) is 7.43. The van der Waals surface area contributed by atoms with Crippen molar-refractivity contribution in [2.45, 2.75) is 0 Å². The molecule has 2 heterocycles. The van der Waals surface area contributed by atoms with Gasteiger partial charge in [0.15, 0.2) is 4.96 Å². The summed E-state index contributed by atoms with van der Waals surface area (Å²) in [6.45, 7) is 0. The van der Waals surface area contributed by atoms with Gasteiger partial charge in [-0.25, -0.2) is 9.78 Å². The Morgan fingerprint density at radius 3 is 3.00 bits per heavy atom. The standard InChI is InChI=1S/C6H4N2O2S.ClH/c9-5(10)4-3-8-2-1-7-6(8)11-4;/h1-3H,(H,9,10);1H. The third-order valence-electron chi connectivity index (χ3n) is 1.30. The highest BCUT2D eigenvalue weighted by atomic mass is 35.5. The number of aromatic nitrogens is 2. The van der Waals surface area contributed by atoms with Crippen LogP contribution in [-0.2, 0) is 0 Å². The van der Waals surface area contributed by atoms with Crippen molar-refractivity contribution < 1.29 is 9.90 Å². The van der Waals surface area contributed by atoms with Gasteiger partial charge in [-0.15, -0.1) is 12.4 Å². The monoisotopic (exact) mass is 204 g/mol. The maximum atomic E-state index is 10.4. The SMILES string of the molecule is Cl.O=C(O)c1cn2ccnc2s1. The number of halogens is 1. The molecule has 2 rings (SSSR count). The van der Waals surface area contributed by atoms with Gasteiger partial charge >= 0.3 is 5.97 Å². The molecule has 0 amide bonds. The fraction of sp³-hybridized carbons (Fsp3) is 0. The summed E-state index contributed by atoms with van der Waals surface area (Å²) in [6, 6.07) is 0. The zero-order valence-electron chi connectivity index (χ0n) is 5.80. The van der Waals surface area contributed by atoms with E-state index in [1.807, 2.05) is 0 Å². The molecule has 0 saturated heterocycles. The predicted molar refractivity (Wildman–Crippen MR) is 47.3 cm³/mol. The van der Waals surface area contributed by atoms with Crippen LogP contribution < -0.4 is 0 Å². The van der Waals surface area contributed by atoms with Gasteiger partial charge < -0.3 is 5.11 Å². The van der Waals surface area contributed by atoms with Gasteiger partial charge in [-0.2, -0.15) is 0 Å². The minimum atomic E-state index is -0.902. The van der Waals surface area contributed by atoms with E-state index in [2.05, 4.69) is 4.98 Å². The second kappa shape index (κ2) is 3.12. The first-order chi connectivity index (χ1) is 5.27. The maximum Gasteiger partial charge on any atom is 0.347 e. The molecular weight excluding hydrogens is 200 g/mol. The second-order valence-electron chi connectivity index (χ2n) is 2.02. The first kappa shape index (κ1) is 9.02. The number of hydrogen-bond acceptors (Lipinski definition) is 3. The Balaban J connectivity index is 0.000000720. The quantitative estimate of drug-likeness (QED) is 0.766. The Labute approximate surface area is 77.9 Å². The van der Waals surface area contributed by atoms with Crippen LogP contribution in [0.3, 0.4) is 0 Å². The van der Waals surface area contributed by atoms with Crippen LogP contribution in [0.2, 0.25) is 0 Å². The summed E-state index contributed by atoms with van der Waals surface area (Å²) in [5, 5.41) is 8.57. The minimum absolute atomic E-state index is 0. The predicted octanol–water partition coefficient (Wildman–Crippen LogP) is 1.52. The highest BCUT2D eigenvalue weighted by molar-refractivity contribution is 7.18. The summed E-state index contributed by atoms with van der Waals surface area (Å²) in [5.41, 5.74) is 0. The molecule has 0 radical (unpaired) electrons. The van der Waals surface area contributed by atoms with Gasteiger partial charge in [-0.05, 0) is 0 Å². The van der Waals surface area contributed by atoms with E-state index >= 15 is 0 Å². The fourth-order valence-electron chi connectivity index (χ4n) is 0.827. The van der Waals surface area contributed by atoms with Crippen molar-refractivity contribution in [3.8, 4) is 0 Å². The molecule has 4 nitrogen and oxygen atoms in total. The molecule has 1 N–H and O–H groups in total. The van der Waals surface area contributed by atoms with Crippen molar-refractivity contribution in [3.05, 3.63) is 23.5 Å². The number of imidazole rings is 1. The van der Waals surface area contributed by atoms with Crippen LogP contribution in [0.4, 0.5) is 0 Å². The number of carboxylic acids is 1. The number of aromatic carboxylic acids is 1. The zero-order chi connectivity index (χ0) is 7.84. The number of carboxylic acid groups (broad SMARTS) is 1. The molecule has 6 heteroatoms. The molecule has 0 atom stereocenters. The fourth-order valence-corrected chi connectivity index (χ4v) is 1.61. The van der Waals surface area contributed by atoms with Crippen LogP contribution in [0.5, 0.6) is 0 Å². The average Bonchev–Trinajstić information content (AvgIpc) is 2.40. The van der Waals surface area contributed by atoms with Gasteiger partial charge in [0.2, 0.25) is 0 Å². The number of carbonyl (C=O) groups is 1. The summed E-state index contributed by atoms with van der Waals surface area (Å²) < 4.78 is 1.69. The number of fused-ring (bicyclic) bond motifs is 1. The molecule has 0 aromatic carbocycles. The Kier molecular flexibility index (Phi) is 2.35. The Morgan fingerprint density at radius 2 is 2.42 bits per heavy atom. The third kappa shape index (κ3) is 1.28. The molecule has 12 heavy (non-hydrogen) atoms. The van der Waals surface area contributed by atoms with Gasteiger partial charge in [0.25, 0.3) is 0 Å². The van der Waals surface area contributed by atoms with Crippen molar-refractivity contribution >= 4 is 34.7 Å². The van der Waals surface area contributed by atoms with Gasteiger partial charge in [0, 0.05) is 18.6 Å². The van der Waals surface area contributed by atoms with E-state index in [1.54, 1.807) is 23.0 Å². The van der Waals surface area contributed by atoms with E-state index in [1.165, 1.54) is 0 Å². The number of hydrogen-bond donors (Lipinski definition) is 1. The lowest BCUT2D eigenvalue weighted by Crippen LogP contribution is -1.90. The van der Waals surface area contributed by atoms with E-state index in [0.29, 0.717) is 9.84 Å².